The van der Waals surface area contributed by atoms with Crippen molar-refractivity contribution in [2.75, 3.05) is 13.1 Å². The van der Waals surface area contributed by atoms with Gasteiger partial charge in [-0.15, -0.1) is 0 Å². The van der Waals surface area contributed by atoms with E-state index in [9.17, 15) is 19.5 Å². The number of hydrogen-bond acceptors (Lipinski definition) is 6. The summed E-state index contributed by atoms with van der Waals surface area (Å²) in [5.74, 6) is -2.83. The minimum Gasteiger partial charge on any atom is -0.480 e. The lowest BCUT2D eigenvalue weighted by Gasteiger charge is -2.32. The molecule has 0 bridgehead atoms. The highest BCUT2D eigenvalue weighted by Gasteiger charge is 2.36. The number of nitrogens with two attached hydrogens (primary N) is 1. The topological polar surface area (TPSA) is 119 Å². The lowest BCUT2D eigenvalue weighted by Crippen LogP contribution is -2.47. The van der Waals surface area contributed by atoms with Gasteiger partial charge < -0.3 is 20.3 Å². The van der Waals surface area contributed by atoms with Gasteiger partial charge >= 0.3 is 18.0 Å². The Balaban J connectivity index is 3.21. The Bertz CT molecular complexity index is 706. The van der Waals surface area contributed by atoms with Gasteiger partial charge in [0.15, 0.2) is 0 Å². The first-order valence-corrected chi connectivity index (χ1v) is 9.43. The van der Waals surface area contributed by atoms with Crippen LogP contribution in [0.25, 0.3) is 0 Å². The molecule has 2 atom stereocenters. The molecule has 0 saturated carbocycles. The van der Waals surface area contributed by atoms with Gasteiger partial charge in [-0.05, 0) is 47.1 Å². The summed E-state index contributed by atoms with van der Waals surface area (Å²) in [6.07, 6.45) is -0.839. The molecule has 29 heavy (non-hydrogen) atoms. The third kappa shape index (κ3) is 8.95. The Morgan fingerprint density at radius 1 is 1.00 bits per heavy atom. The molecule has 162 valence electrons. The zero-order chi connectivity index (χ0) is 22.4. The molecule has 1 unspecified atom stereocenters. The molecule has 0 aromatic heterocycles. The summed E-state index contributed by atoms with van der Waals surface area (Å²) < 4.78 is 10.8. The highest BCUT2D eigenvalue weighted by Crippen LogP contribution is 2.25. The molecule has 0 heterocycles. The quantitative estimate of drug-likeness (QED) is 0.666. The van der Waals surface area contributed by atoms with E-state index in [0.29, 0.717) is 5.56 Å². The molecular weight excluding hydrogens is 376 g/mol. The summed E-state index contributed by atoms with van der Waals surface area (Å²) in [5.41, 5.74) is 5.42. The molecule has 1 rings (SSSR count). The van der Waals surface area contributed by atoms with Crippen LogP contribution in [-0.2, 0) is 19.1 Å². The lowest BCUT2D eigenvalue weighted by atomic mass is 9.93. The minimum absolute atomic E-state index is 0.258. The average molecular weight is 408 g/mol. The van der Waals surface area contributed by atoms with Crippen molar-refractivity contribution in [1.82, 2.24) is 4.90 Å². The Kier molecular flexibility index (Phi) is 8.20. The maximum atomic E-state index is 12.9. The number of nitrogens with zero attached hydrogens (tertiary/aromatic N) is 1. The van der Waals surface area contributed by atoms with Crippen molar-refractivity contribution in [3.63, 3.8) is 0 Å². The first-order valence-electron chi connectivity index (χ1n) is 9.43. The van der Waals surface area contributed by atoms with Gasteiger partial charge in [0.05, 0.1) is 5.92 Å². The van der Waals surface area contributed by atoms with Crippen LogP contribution < -0.4 is 5.73 Å². The largest absolute Gasteiger partial charge is 0.480 e. The zero-order valence-electron chi connectivity index (χ0n) is 18.0. The summed E-state index contributed by atoms with van der Waals surface area (Å²) in [7, 11) is 0. The van der Waals surface area contributed by atoms with Crippen LogP contribution in [0.15, 0.2) is 30.3 Å². The second-order valence-electron chi connectivity index (χ2n) is 8.83. The molecule has 0 aliphatic rings. The van der Waals surface area contributed by atoms with Crippen LogP contribution in [0.1, 0.15) is 53.1 Å². The van der Waals surface area contributed by atoms with Gasteiger partial charge in [0.25, 0.3) is 0 Å². The second kappa shape index (κ2) is 9.73. The number of hydrogen-bond donors (Lipinski definition) is 2. The molecule has 0 aliphatic heterocycles. The van der Waals surface area contributed by atoms with E-state index in [2.05, 4.69) is 0 Å². The minimum atomic E-state index is -1.23. The summed E-state index contributed by atoms with van der Waals surface area (Å²) >= 11 is 0. The van der Waals surface area contributed by atoms with E-state index < -0.39 is 47.7 Å². The summed E-state index contributed by atoms with van der Waals surface area (Å²) in [6.45, 7) is 9.29. The number of esters is 1. The Hall–Kier alpha value is -2.61. The maximum Gasteiger partial charge on any atom is 0.410 e. The SMILES string of the molecule is CC(C)(C)OC(=O)[C@@H](CN(CC(=O)O)C(=O)OC(C)(C)C)C(N)c1ccccc1. The van der Waals surface area contributed by atoms with E-state index in [-0.39, 0.29) is 6.54 Å². The van der Waals surface area contributed by atoms with Crippen molar-refractivity contribution < 1.29 is 29.0 Å². The Labute approximate surface area is 172 Å². The van der Waals surface area contributed by atoms with Crippen LogP contribution in [-0.4, -0.2) is 52.3 Å². The third-order valence-corrected chi connectivity index (χ3v) is 3.72. The number of benzene rings is 1. The van der Waals surface area contributed by atoms with Gasteiger partial charge in [0.1, 0.15) is 17.7 Å². The van der Waals surface area contributed by atoms with Crippen molar-refractivity contribution in [3.05, 3.63) is 35.9 Å². The number of aliphatic carboxylic acids is 1. The summed E-state index contributed by atoms with van der Waals surface area (Å²) in [4.78, 5) is 37.7. The fourth-order valence-corrected chi connectivity index (χ4v) is 2.55. The molecule has 0 aliphatic carbocycles. The number of carboxylic acids is 1. The predicted octanol–water partition coefficient (Wildman–Crippen LogP) is 2.97. The number of ether oxygens (including phenoxy) is 2. The first-order chi connectivity index (χ1) is 13.2. The van der Waals surface area contributed by atoms with E-state index in [1.54, 1.807) is 65.8 Å². The van der Waals surface area contributed by atoms with Crippen molar-refractivity contribution in [2.45, 2.75) is 58.8 Å². The number of amides is 1. The molecule has 8 heteroatoms. The number of carbonyl (C=O) groups is 3. The van der Waals surface area contributed by atoms with E-state index in [0.717, 1.165) is 4.90 Å². The summed E-state index contributed by atoms with van der Waals surface area (Å²) in [6, 6.07) is 8.10. The van der Waals surface area contributed by atoms with Crippen molar-refractivity contribution >= 4 is 18.0 Å². The highest BCUT2D eigenvalue weighted by molar-refractivity contribution is 5.79. The molecule has 0 spiro atoms. The predicted molar refractivity (Wildman–Crippen MR) is 108 cm³/mol. The standard InChI is InChI=1S/C21H32N2O6/c1-20(2,3)28-18(26)15(17(22)14-10-8-7-9-11-14)12-23(13-16(24)25)19(27)29-21(4,5)6/h7-11,15,17H,12-13,22H2,1-6H3,(H,24,25)/t15-,17?/m0/s1. The van der Waals surface area contributed by atoms with E-state index >= 15 is 0 Å². The van der Waals surface area contributed by atoms with Crippen LogP contribution in [0, 0.1) is 5.92 Å². The van der Waals surface area contributed by atoms with Crippen LogP contribution in [0.2, 0.25) is 0 Å². The number of rotatable bonds is 7. The Morgan fingerprint density at radius 3 is 1.97 bits per heavy atom. The second-order valence-corrected chi connectivity index (χ2v) is 8.83. The first kappa shape index (κ1) is 24.4. The molecule has 1 aromatic rings. The molecule has 1 aromatic carbocycles. The van der Waals surface area contributed by atoms with Gasteiger partial charge in [0.2, 0.25) is 0 Å². The number of carboxylic acid groups (broad SMARTS) is 1. The van der Waals surface area contributed by atoms with Crippen molar-refractivity contribution in [3.8, 4) is 0 Å². The molecule has 1 amide bonds. The van der Waals surface area contributed by atoms with Crippen LogP contribution in [0.4, 0.5) is 4.79 Å². The van der Waals surface area contributed by atoms with E-state index in [1.165, 1.54) is 0 Å². The molecular formula is C21H32N2O6. The van der Waals surface area contributed by atoms with Gasteiger partial charge in [-0.3, -0.25) is 14.5 Å². The Morgan fingerprint density at radius 2 is 1.52 bits per heavy atom. The fraction of sp³-hybridized carbons (Fsp3) is 0.571. The van der Waals surface area contributed by atoms with E-state index in [4.69, 9.17) is 15.2 Å². The maximum absolute atomic E-state index is 12.9. The van der Waals surface area contributed by atoms with Crippen molar-refractivity contribution in [1.29, 1.82) is 0 Å². The summed E-state index contributed by atoms with van der Waals surface area (Å²) in [5, 5.41) is 9.23. The normalized spacial score (nSPS) is 13.9. The van der Waals surface area contributed by atoms with Gasteiger partial charge in [-0.25, -0.2) is 4.79 Å². The average Bonchev–Trinajstić information content (AvgIpc) is 2.55. The number of carbonyl (C=O) groups excluding carboxylic acids is 2. The molecule has 0 radical (unpaired) electrons. The van der Waals surface area contributed by atoms with E-state index in [1.807, 2.05) is 6.07 Å². The third-order valence-electron chi connectivity index (χ3n) is 3.72. The fourth-order valence-electron chi connectivity index (χ4n) is 2.55. The van der Waals surface area contributed by atoms with Crippen molar-refractivity contribution in [2.24, 2.45) is 11.7 Å². The molecule has 3 N–H and O–H groups in total. The highest BCUT2D eigenvalue weighted by atomic mass is 16.6. The zero-order valence-corrected chi connectivity index (χ0v) is 18.0. The van der Waals surface area contributed by atoms with Gasteiger partial charge in [-0.1, -0.05) is 30.3 Å². The van der Waals surface area contributed by atoms with Gasteiger partial charge in [-0.2, -0.15) is 0 Å². The molecule has 0 fully saturated rings. The smallest absolute Gasteiger partial charge is 0.410 e. The molecule has 0 saturated heterocycles. The molecule has 8 nitrogen and oxygen atoms in total. The van der Waals surface area contributed by atoms with Crippen LogP contribution in [0.5, 0.6) is 0 Å². The lowest BCUT2D eigenvalue weighted by molar-refractivity contribution is -0.162. The van der Waals surface area contributed by atoms with Crippen LogP contribution >= 0.6 is 0 Å². The van der Waals surface area contributed by atoms with Crippen LogP contribution in [0.3, 0.4) is 0 Å². The van der Waals surface area contributed by atoms with Gasteiger partial charge in [0, 0.05) is 12.6 Å². The monoisotopic (exact) mass is 408 g/mol.